The molecule has 3 N–H and O–H groups in total. The van der Waals surface area contributed by atoms with E-state index in [0.717, 1.165) is 58.3 Å². The first-order valence-electron chi connectivity index (χ1n) is 10.5. The van der Waals surface area contributed by atoms with Crippen molar-refractivity contribution in [3.8, 4) is 11.1 Å². The summed E-state index contributed by atoms with van der Waals surface area (Å²) in [7, 11) is 0. The number of nitrogens with two attached hydrogens (primary N) is 1. The number of aryl methyl sites for hydroxylation is 2. The summed E-state index contributed by atoms with van der Waals surface area (Å²) in [6.45, 7) is 5.75. The highest BCUT2D eigenvalue weighted by molar-refractivity contribution is 5.85. The summed E-state index contributed by atoms with van der Waals surface area (Å²) in [6.07, 6.45) is 5.32. The standard InChI is InChI=1S/C22H25N7O2/c1-13-7-19-18(8-17(13)15-6-14(2)21-24-12-25-28(21)9-15)26-22(31)29(19)16-4-3-5-27(10-16)11-20(23)30/h6-9,12,16H,3-5,10-11H2,1-2H3,(H2,23,30)(H,26,31)/t16-/m0/s1. The predicted octanol–water partition coefficient (Wildman–Crippen LogP) is 1.78. The van der Waals surface area contributed by atoms with E-state index in [2.05, 4.69) is 34.1 Å². The molecule has 160 valence electrons. The molecule has 31 heavy (non-hydrogen) atoms. The molecule has 0 spiro atoms. The topological polar surface area (TPSA) is 114 Å². The van der Waals surface area contributed by atoms with Gasteiger partial charge in [-0.25, -0.2) is 14.3 Å². The first-order chi connectivity index (χ1) is 14.9. The van der Waals surface area contributed by atoms with Crippen LogP contribution in [-0.2, 0) is 4.79 Å². The van der Waals surface area contributed by atoms with Crippen molar-refractivity contribution in [2.75, 3.05) is 19.6 Å². The van der Waals surface area contributed by atoms with Crippen LogP contribution >= 0.6 is 0 Å². The predicted molar refractivity (Wildman–Crippen MR) is 118 cm³/mol. The lowest BCUT2D eigenvalue weighted by atomic mass is 9.99. The third-order valence-corrected chi connectivity index (χ3v) is 6.16. The molecule has 3 aromatic heterocycles. The molecule has 0 unspecified atom stereocenters. The molecule has 9 nitrogen and oxygen atoms in total. The number of hydrogen-bond donors (Lipinski definition) is 2. The molecule has 4 heterocycles. The first kappa shape index (κ1) is 19.5. The number of piperidine rings is 1. The van der Waals surface area contributed by atoms with Crippen molar-refractivity contribution in [2.45, 2.75) is 32.7 Å². The molecule has 4 aromatic rings. The maximum Gasteiger partial charge on any atom is 0.326 e. The summed E-state index contributed by atoms with van der Waals surface area (Å²) >= 11 is 0. The van der Waals surface area contributed by atoms with Gasteiger partial charge in [0.05, 0.1) is 23.6 Å². The zero-order chi connectivity index (χ0) is 21.7. The van der Waals surface area contributed by atoms with Crippen molar-refractivity contribution in [2.24, 2.45) is 5.73 Å². The molecule has 1 aliphatic heterocycles. The van der Waals surface area contributed by atoms with Crippen LogP contribution in [0.1, 0.15) is 30.0 Å². The van der Waals surface area contributed by atoms with E-state index in [1.54, 1.807) is 10.8 Å². The average Bonchev–Trinajstić information content (AvgIpc) is 3.30. The summed E-state index contributed by atoms with van der Waals surface area (Å²) < 4.78 is 3.61. The molecule has 1 amide bonds. The number of imidazole rings is 1. The highest BCUT2D eigenvalue weighted by atomic mass is 16.1. The Hall–Kier alpha value is -3.46. The number of likely N-dealkylation sites (tertiary alicyclic amines) is 1. The van der Waals surface area contributed by atoms with Gasteiger partial charge in [-0.05, 0) is 68.1 Å². The fraction of sp³-hybridized carbons (Fsp3) is 0.364. The van der Waals surface area contributed by atoms with E-state index in [0.29, 0.717) is 6.54 Å². The zero-order valence-corrected chi connectivity index (χ0v) is 17.6. The Balaban J connectivity index is 1.57. The van der Waals surface area contributed by atoms with Gasteiger partial charge in [-0.15, -0.1) is 0 Å². The number of fused-ring (bicyclic) bond motifs is 2. The third-order valence-electron chi connectivity index (χ3n) is 6.16. The van der Waals surface area contributed by atoms with Crippen LogP contribution in [0.2, 0.25) is 0 Å². The number of aromatic amines is 1. The molecule has 1 atom stereocenters. The Labute approximate surface area is 178 Å². The normalized spacial score (nSPS) is 17.5. The highest BCUT2D eigenvalue weighted by Crippen LogP contribution is 2.31. The minimum absolute atomic E-state index is 0.00773. The molecule has 1 aliphatic rings. The Morgan fingerprint density at radius 3 is 2.90 bits per heavy atom. The number of carbonyl (C=O) groups excluding carboxylic acids is 1. The number of nitrogens with one attached hydrogen (secondary N) is 1. The number of nitrogens with zero attached hydrogens (tertiary/aromatic N) is 5. The number of H-pyrrole nitrogens is 1. The van der Waals surface area contributed by atoms with Crippen LogP contribution in [0.15, 0.2) is 35.5 Å². The van der Waals surface area contributed by atoms with E-state index in [9.17, 15) is 9.59 Å². The van der Waals surface area contributed by atoms with Gasteiger partial charge in [-0.1, -0.05) is 0 Å². The number of aromatic nitrogens is 5. The van der Waals surface area contributed by atoms with E-state index in [1.807, 2.05) is 28.7 Å². The summed E-state index contributed by atoms with van der Waals surface area (Å²) in [5.41, 5.74) is 11.9. The lowest BCUT2D eigenvalue weighted by Gasteiger charge is -2.32. The van der Waals surface area contributed by atoms with Gasteiger partial charge in [-0.3, -0.25) is 14.3 Å². The lowest BCUT2D eigenvalue weighted by molar-refractivity contribution is -0.119. The van der Waals surface area contributed by atoms with E-state index >= 15 is 0 Å². The van der Waals surface area contributed by atoms with E-state index in [4.69, 9.17) is 5.73 Å². The van der Waals surface area contributed by atoms with Crippen LogP contribution < -0.4 is 11.4 Å². The number of primary amides is 1. The van der Waals surface area contributed by atoms with Gasteiger partial charge in [0, 0.05) is 18.3 Å². The molecular formula is C22H25N7O2. The molecule has 1 fully saturated rings. The number of pyridine rings is 1. The van der Waals surface area contributed by atoms with Gasteiger partial charge in [-0.2, -0.15) is 5.10 Å². The van der Waals surface area contributed by atoms with Crippen molar-refractivity contribution < 1.29 is 4.79 Å². The Kier molecular flexibility index (Phi) is 4.62. The number of rotatable bonds is 4. The van der Waals surface area contributed by atoms with Gasteiger partial charge >= 0.3 is 5.69 Å². The minimum Gasteiger partial charge on any atom is -0.369 e. The van der Waals surface area contributed by atoms with Crippen LogP contribution in [0, 0.1) is 13.8 Å². The molecular weight excluding hydrogens is 394 g/mol. The first-order valence-corrected chi connectivity index (χ1v) is 10.5. The van der Waals surface area contributed by atoms with Crippen LogP contribution in [-0.4, -0.2) is 54.6 Å². The van der Waals surface area contributed by atoms with Crippen molar-refractivity contribution >= 4 is 22.6 Å². The Bertz CT molecular complexity index is 1360. The fourth-order valence-electron chi connectivity index (χ4n) is 4.80. The third kappa shape index (κ3) is 3.40. The second-order valence-electron chi connectivity index (χ2n) is 8.42. The number of amides is 1. The van der Waals surface area contributed by atoms with Crippen molar-refractivity contribution in [3.63, 3.8) is 0 Å². The monoisotopic (exact) mass is 419 g/mol. The molecule has 0 saturated carbocycles. The number of hydrogen-bond acceptors (Lipinski definition) is 5. The molecule has 1 aromatic carbocycles. The quantitative estimate of drug-likeness (QED) is 0.523. The second kappa shape index (κ2) is 7.35. The molecule has 0 aliphatic carbocycles. The average molecular weight is 419 g/mol. The summed E-state index contributed by atoms with van der Waals surface area (Å²) in [5.74, 6) is -0.341. The second-order valence-corrected chi connectivity index (χ2v) is 8.42. The smallest absolute Gasteiger partial charge is 0.326 e. The molecule has 0 radical (unpaired) electrons. The molecule has 0 bridgehead atoms. The zero-order valence-electron chi connectivity index (χ0n) is 17.6. The summed E-state index contributed by atoms with van der Waals surface area (Å²) in [5, 5.41) is 4.27. The van der Waals surface area contributed by atoms with Gasteiger partial charge in [0.1, 0.15) is 6.33 Å². The van der Waals surface area contributed by atoms with Gasteiger partial charge in [0.2, 0.25) is 5.91 Å². The van der Waals surface area contributed by atoms with Crippen LogP contribution in [0.4, 0.5) is 0 Å². The van der Waals surface area contributed by atoms with Crippen LogP contribution in [0.3, 0.4) is 0 Å². The highest BCUT2D eigenvalue weighted by Gasteiger charge is 2.25. The maximum atomic E-state index is 12.9. The van der Waals surface area contributed by atoms with Crippen molar-refractivity contribution in [3.05, 3.63) is 52.3 Å². The van der Waals surface area contributed by atoms with Crippen molar-refractivity contribution in [1.82, 2.24) is 29.0 Å². The largest absolute Gasteiger partial charge is 0.369 e. The Morgan fingerprint density at radius 1 is 1.26 bits per heavy atom. The molecule has 9 heteroatoms. The van der Waals surface area contributed by atoms with E-state index < -0.39 is 0 Å². The van der Waals surface area contributed by atoms with Gasteiger partial charge < -0.3 is 10.7 Å². The fourth-order valence-corrected chi connectivity index (χ4v) is 4.80. The Morgan fingerprint density at radius 2 is 2.10 bits per heavy atom. The van der Waals surface area contributed by atoms with Crippen LogP contribution in [0.5, 0.6) is 0 Å². The minimum atomic E-state index is -0.341. The van der Waals surface area contributed by atoms with Crippen molar-refractivity contribution in [1.29, 1.82) is 0 Å². The molecule has 5 rings (SSSR count). The molecule has 1 saturated heterocycles. The summed E-state index contributed by atoms with van der Waals surface area (Å²) in [4.78, 5) is 33.6. The lowest BCUT2D eigenvalue weighted by Crippen LogP contribution is -2.43. The summed E-state index contributed by atoms with van der Waals surface area (Å²) in [6, 6.07) is 6.20. The van der Waals surface area contributed by atoms with Gasteiger partial charge in [0.15, 0.2) is 5.65 Å². The van der Waals surface area contributed by atoms with Crippen LogP contribution in [0.25, 0.3) is 27.8 Å². The van der Waals surface area contributed by atoms with E-state index in [1.165, 1.54) is 0 Å². The van der Waals surface area contributed by atoms with E-state index in [-0.39, 0.29) is 24.2 Å². The SMILES string of the molecule is Cc1cc2c(cc1-c1cc(C)c3ncnn3c1)[nH]c(=O)n2[C@H]1CCCN(CC(N)=O)C1. The van der Waals surface area contributed by atoms with Gasteiger partial charge in [0.25, 0.3) is 0 Å². The number of carbonyl (C=O) groups is 1. The maximum absolute atomic E-state index is 12.9. The number of benzene rings is 1.